The van der Waals surface area contributed by atoms with E-state index in [4.69, 9.17) is 9.47 Å². The number of fused-ring (bicyclic) bond motifs is 1. The van der Waals surface area contributed by atoms with Gasteiger partial charge >= 0.3 is 0 Å². The lowest BCUT2D eigenvalue weighted by Crippen LogP contribution is -1.98. The van der Waals surface area contributed by atoms with Gasteiger partial charge in [-0.05, 0) is 30.0 Å². The number of ether oxygens (including phenoxy) is 2. The zero-order valence-electron chi connectivity index (χ0n) is 8.87. The van der Waals surface area contributed by atoms with E-state index in [1.807, 2.05) is 6.07 Å². The SMILES string of the molecule is c1cc2c(cc1CC1CCCC1)OCO2. The Morgan fingerprint density at radius 1 is 1.07 bits per heavy atom. The topological polar surface area (TPSA) is 18.5 Å². The quantitative estimate of drug-likeness (QED) is 0.736. The maximum Gasteiger partial charge on any atom is 0.231 e. The third-order valence-electron chi connectivity index (χ3n) is 3.44. The summed E-state index contributed by atoms with van der Waals surface area (Å²) in [6, 6.07) is 6.35. The van der Waals surface area contributed by atoms with E-state index >= 15 is 0 Å². The molecule has 1 fully saturated rings. The fraction of sp³-hybridized carbons (Fsp3) is 0.538. The monoisotopic (exact) mass is 204 g/mol. The van der Waals surface area contributed by atoms with Crippen molar-refractivity contribution in [1.82, 2.24) is 0 Å². The molecule has 1 saturated carbocycles. The summed E-state index contributed by atoms with van der Waals surface area (Å²) in [5, 5.41) is 0. The zero-order valence-corrected chi connectivity index (χ0v) is 8.87. The van der Waals surface area contributed by atoms with Crippen molar-refractivity contribution in [1.29, 1.82) is 0 Å². The molecule has 15 heavy (non-hydrogen) atoms. The van der Waals surface area contributed by atoms with Crippen LogP contribution in [0.3, 0.4) is 0 Å². The Hall–Kier alpha value is -1.18. The minimum atomic E-state index is 0.377. The summed E-state index contributed by atoms with van der Waals surface area (Å²) in [7, 11) is 0. The fourth-order valence-corrected chi connectivity index (χ4v) is 2.62. The molecule has 1 aromatic carbocycles. The zero-order chi connectivity index (χ0) is 10.1. The van der Waals surface area contributed by atoms with Crippen LogP contribution in [-0.4, -0.2) is 6.79 Å². The molecule has 2 aliphatic rings. The van der Waals surface area contributed by atoms with E-state index in [9.17, 15) is 0 Å². The maximum atomic E-state index is 5.38. The minimum absolute atomic E-state index is 0.377. The van der Waals surface area contributed by atoms with Gasteiger partial charge in [-0.1, -0.05) is 31.7 Å². The van der Waals surface area contributed by atoms with Crippen molar-refractivity contribution in [3.8, 4) is 11.5 Å². The minimum Gasteiger partial charge on any atom is -0.454 e. The first-order chi connectivity index (χ1) is 7.42. The Morgan fingerprint density at radius 3 is 2.73 bits per heavy atom. The van der Waals surface area contributed by atoms with Gasteiger partial charge in [0.25, 0.3) is 0 Å². The Labute approximate surface area is 90.2 Å². The molecule has 2 nitrogen and oxygen atoms in total. The molecule has 0 bridgehead atoms. The fourth-order valence-electron chi connectivity index (χ4n) is 2.62. The highest BCUT2D eigenvalue weighted by Gasteiger charge is 2.18. The summed E-state index contributed by atoms with van der Waals surface area (Å²) in [6.07, 6.45) is 6.82. The van der Waals surface area contributed by atoms with E-state index in [-0.39, 0.29) is 0 Å². The molecule has 0 aromatic heterocycles. The molecule has 2 heteroatoms. The molecule has 1 aromatic rings. The van der Waals surface area contributed by atoms with Crippen molar-refractivity contribution in [3.05, 3.63) is 23.8 Å². The van der Waals surface area contributed by atoms with Crippen molar-refractivity contribution in [2.45, 2.75) is 32.1 Å². The van der Waals surface area contributed by atoms with E-state index in [0.29, 0.717) is 6.79 Å². The molecule has 1 aliphatic heterocycles. The number of benzene rings is 1. The average molecular weight is 204 g/mol. The number of hydrogen-bond donors (Lipinski definition) is 0. The maximum absolute atomic E-state index is 5.38. The molecule has 0 saturated heterocycles. The van der Waals surface area contributed by atoms with Gasteiger partial charge in [0.05, 0.1) is 0 Å². The van der Waals surface area contributed by atoms with Gasteiger partial charge in [0.1, 0.15) is 0 Å². The van der Waals surface area contributed by atoms with E-state index in [1.165, 1.54) is 37.7 Å². The van der Waals surface area contributed by atoms with Crippen LogP contribution in [0.1, 0.15) is 31.2 Å². The molecule has 0 unspecified atom stereocenters. The molecule has 3 rings (SSSR count). The Kier molecular flexibility index (Phi) is 2.28. The van der Waals surface area contributed by atoms with Gasteiger partial charge < -0.3 is 9.47 Å². The average Bonchev–Trinajstić information content (AvgIpc) is 2.87. The highest BCUT2D eigenvalue weighted by molar-refractivity contribution is 5.44. The van der Waals surface area contributed by atoms with Crippen molar-refractivity contribution in [3.63, 3.8) is 0 Å². The van der Waals surface area contributed by atoms with Crippen LogP contribution in [0.25, 0.3) is 0 Å². The second kappa shape index (κ2) is 3.76. The Balaban J connectivity index is 1.75. The third kappa shape index (κ3) is 1.81. The first kappa shape index (κ1) is 9.08. The van der Waals surface area contributed by atoms with E-state index in [0.717, 1.165) is 17.4 Å². The predicted octanol–water partition coefficient (Wildman–Crippen LogP) is 3.15. The molecule has 1 aliphatic carbocycles. The van der Waals surface area contributed by atoms with E-state index in [2.05, 4.69) is 12.1 Å². The predicted molar refractivity (Wildman–Crippen MR) is 58.2 cm³/mol. The van der Waals surface area contributed by atoms with Crippen LogP contribution in [0.15, 0.2) is 18.2 Å². The Bertz CT molecular complexity index is 354. The summed E-state index contributed by atoms with van der Waals surface area (Å²) in [5.74, 6) is 2.71. The van der Waals surface area contributed by atoms with Gasteiger partial charge in [0.2, 0.25) is 6.79 Å². The lowest BCUT2D eigenvalue weighted by Gasteiger charge is -2.09. The van der Waals surface area contributed by atoms with Gasteiger partial charge in [-0.3, -0.25) is 0 Å². The van der Waals surface area contributed by atoms with Crippen molar-refractivity contribution < 1.29 is 9.47 Å². The molecule has 0 radical (unpaired) electrons. The molecular weight excluding hydrogens is 188 g/mol. The van der Waals surface area contributed by atoms with Crippen molar-refractivity contribution >= 4 is 0 Å². The van der Waals surface area contributed by atoms with Crippen molar-refractivity contribution in [2.75, 3.05) is 6.79 Å². The summed E-state index contributed by atoms with van der Waals surface area (Å²) in [5.41, 5.74) is 1.39. The summed E-state index contributed by atoms with van der Waals surface area (Å²) < 4.78 is 10.7. The molecule has 0 N–H and O–H groups in total. The van der Waals surface area contributed by atoms with Crippen LogP contribution >= 0.6 is 0 Å². The highest BCUT2D eigenvalue weighted by atomic mass is 16.7. The molecule has 1 heterocycles. The molecule has 0 spiro atoms. The first-order valence-electron chi connectivity index (χ1n) is 5.80. The van der Waals surface area contributed by atoms with Crippen LogP contribution in [0.2, 0.25) is 0 Å². The second-order valence-electron chi connectivity index (χ2n) is 4.54. The van der Waals surface area contributed by atoms with E-state index in [1.54, 1.807) is 0 Å². The van der Waals surface area contributed by atoms with Gasteiger partial charge in [0.15, 0.2) is 11.5 Å². The number of rotatable bonds is 2. The smallest absolute Gasteiger partial charge is 0.231 e. The van der Waals surface area contributed by atoms with E-state index < -0.39 is 0 Å². The highest BCUT2D eigenvalue weighted by Crippen LogP contribution is 2.35. The molecule has 80 valence electrons. The molecule has 0 amide bonds. The summed E-state index contributed by atoms with van der Waals surface area (Å²) in [4.78, 5) is 0. The van der Waals surface area contributed by atoms with Crippen LogP contribution in [0.5, 0.6) is 11.5 Å². The first-order valence-corrected chi connectivity index (χ1v) is 5.80. The summed E-state index contributed by atoms with van der Waals surface area (Å²) in [6.45, 7) is 0.377. The molecule has 0 atom stereocenters. The van der Waals surface area contributed by atoms with Gasteiger partial charge in [0, 0.05) is 0 Å². The molecular formula is C13H16O2. The lowest BCUT2D eigenvalue weighted by atomic mass is 9.98. The van der Waals surface area contributed by atoms with Gasteiger partial charge in [-0.2, -0.15) is 0 Å². The lowest BCUT2D eigenvalue weighted by molar-refractivity contribution is 0.174. The normalized spacial score (nSPS) is 19.7. The van der Waals surface area contributed by atoms with Crippen molar-refractivity contribution in [2.24, 2.45) is 5.92 Å². The summed E-state index contributed by atoms with van der Waals surface area (Å²) >= 11 is 0. The Morgan fingerprint density at radius 2 is 1.87 bits per heavy atom. The van der Waals surface area contributed by atoms with Crippen LogP contribution < -0.4 is 9.47 Å². The third-order valence-corrected chi connectivity index (χ3v) is 3.44. The van der Waals surface area contributed by atoms with Crippen LogP contribution in [-0.2, 0) is 6.42 Å². The number of hydrogen-bond acceptors (Lipinski definition) is 2. The van der Waals surface area contributed by atoms with Crippen LogP contribution in [0.4, 0.5) is 0 Å². The van der Waals surface area contributed by atoms with Crippen LogP contribution in [0, 0.1) is 5.92 Å². The second-order valence-corrected chi connectivity index (χ2v) is 4.54. The van der Waals surface area contributed by atoms with Gasteiger partial charge in [-0.15, -0.1) is 0 Å². The standard InChI is InChI=1S/C13H16O2/c1-2-4-10(3-1)7-11-5-6-12-13(8-11)15-9-14-12/h5-6,8,10H,1-4,7,9H2. The largest absolute Gasteiger partial charge is 0.454 e. The van der Waals surface area contributed by atoms with Gasteiger partial charge in [-0.25, -0.2) is 0 Å².